The van der Waals surface area contributed by atoms with Crippen LogP contribution in [-0.2, 0) is 0 Å². The minimum absolute atomic E-state index is 0.664. The summed E-state index contributed by atoms with van der Waals surface area (Å²) in [7, 11) is 0. The summed E-state index contributed by atoms with van der Waals surface area (Å²) in [6.45, 7) is 0. The first-order chi connectivity index (χ1) is 4.92. The average Bonchev–Trinajstić information content (AvgIpc) is 2.44. The van der Waals surface area contributed by atoms with E-state index in [1.807, 2.05) is 5.38 Å². The van der Waals surface area contributed by atoms with Crippen molar-refractivity contribution in [3.63, 3.8) is 0 Å². The van der Waals surface area contributed by atoms with E-state index in [1.54, 1.807) is 16.9 Å². The first-order valence-electron chi connectivity index (χ1n) is 2.76. The summed E-state index contributed by atoms with van der Waals surface area (Å²) in [5.74, 6) is 0. The second-order valence-electron chi connectivity index (χ2n) is 1.88. The Labute approximate surface area is 60.9 Å². The van der Waals surface area contributed by atoms with Crippen LogP contribution in [-0.4, -0.2) is 15.7 Å². The average molecular weight is 152 g/mol. The fourth-order valence-electron chi connectivity index (χ4n) is 0.826. The number of imidazole rings is 1. The molecule has 0 aromatic carbocycles. The van der Waals surface area contributed by atoms with Crippen molar-refractivity contribution in [3.05, 3.63) is 23.6 Å². The van der Waals surface area contributed by atoms with Gasteiger partial charge in [0.1, 0.15) is 11.2 Å². The van der Waals surface area contributed by atoms with E-state index in [2.05, 4.69) is 4.98 Å². The normalized spacial score (nSPS) is 10.4. The van der Waals surface area contributed by atoms with Gasteiger partial charge in [-0.1, -0.05) is 0 Å². The third-order valence-corrected chi connectivity index (χ3v) is 2.21. The minimum Gasteiger partial charge on any atom is -0.296 e. The highest BCUT2D eigenvalue weighted by Gasteiger charge is 1.99. The molecule has 2 aromatic heterocycles. The van der Waals surface area contributed by atoms with Crippen LogP contribution in [0.2, 0.25) is 0 Å². The van der Waals surface area contributed by atoms with E-state index in [1.165, 1.54) is 11.3 Å². The molecule has 0 aliphatic carbocycles. The summed E-state index contributed by atoms with van der Waals surface area (Å²) in [6, 6.07) is 0. The Hall–Kier alpha value is -1.16. The summed E-state index contributed by atoms with van der Waals surface area (Å²) in [5.41, 5.74) is 0.664. The van der Waals surface area contributed by atoms with Crippen LogP contribution in [0, 0.1) is 0 Å². The molecular weight excluding hydrogens is 148 g/mol. The molecule has 0 aliphatic rings. The zero-order valence-electron chi connectivity index (χ0n) is 5.02. The van der Waals surface area contributed by atoms with E-state index in [-0.39, 0.29) is 0 Å². The maximum atomic E-state index is 10.3. The van der Waals surface area contributed by atoms with Crippen LogP contribution in [0.1, 0.15) is 10.5 Å². The third kappa shape index (κ3) is 0.593. The monoisotopic (exact) mass is 152 g/mol. The van der Waals surface area contributed by atoms with Gasteiger partial charge in [-0.25, -0.2) is 4.98 Å². The molecule has 0 bridgehead atoms. The molecule has 0 unspecified atom stereocenters. The summed E-state index contributed by atoms with van der Waals surface area (Å²) in [5, 5.41) is 1.81. The molecule has 2 rings (SSSR count). The molecule has 0 amide bonds. The fourth-order valence-corrected chi connectivity index (χ4v) is 1.62. The number of thiazole rings is 1. The maximum absolute atomic E-state index is 10.3. The Morgan fingerprint density at radius 3 is 3.40 bits per heavy atom. The van der Waals surface area contributed by atoms with Crippen LogP contribution in [0.4, 0.5) is 0 Å². The predicted octanol–water partition coefficient (Wildman–Crippen LogP) is 1.21. The van der Waals surface area contributed by atoms with Gasteiger partial charge in [0, 0.05) is 5.38 Å². The lowest BCUT2D eigenvalue weighted by Gasteiger charge is -1.81. The fraction of sp³-hybridized carbons (Fsp3) is 0. The van der Waals surface area contributed by atoms with Crippen molar-refractivity contribution in [1.29, 1.82) is 0 Å². The second kappa shape index (κ2) is 1.91. The van der Waals surface area contributed by atoms with Gasteiger partial charge in [0.2, 0.25) is 0 Å². The lowest BCUT2D eigenvalue weighted by atomic mass is 10.5. The molecule has 0 N–H and O–H groups in total. The molecule has 10 heavy (non-hydrogen) atoms. The molecule has 3 nitrogen and oxygen atoms in total. The van der Waals surface area contributed by atoms with Crippen molar-refractivity contribution in [3.8, 4) is 0 Å². The van der Waals surface area contributed by atoms with Crippen LogP contribution in [0.25, 0.3) is 4.83 Å². The largest absolute Gasteiger partial charge is 0.296 e. The summed E-state index contributed by atoms with van der Waals surface area (Å²) in [4.78, 5) is 15.2. The number of aldehydes is 1. The van der Waals surface area contributed by atoms with Crippen molar-refractivity contribution >= 4 is 22.5 Å². The summed E-state index contributed by atoms with van der Waals surface area (Å²) in [6.07, 6.45) is 4.19. The Morgan fingerprint density at radius 1 is 1.70 bits per heavy atom. The molecule has 0 fully saturated rings. The smallest absolute Gasteiger partial charge is 0.167 e. The van der Waals surface area contributed by atoms with Crippen LogP contribution >= 0.6 is 11.3 Å². The number of hydrogen-bond donors (Lipinski definition) is 0. The number of nitrogens with zero attached hydrogens (tertiary/aromatic N) is 2. The number of hydrogen-bond acceptors (Lipinski definition) is 3. The Balaban J connectivity index is 2.88. The van der Waals surface area contributed by atoms with Crippen molar-refractivity contribution in [2.75, 3.05) is 0 Å². The van der Waals surface area contributed by atoms with E-state index in [4.69, 9.17) is 0 Å². The first kappa shape index (κ1) is 5.61. The number of carbonyl (C=O) groups excluding carboxylic acids is 1. The lowest BCUT2D eigenvalue weighted by molar-refractivity contribution is 0.111. The van der Waals surface area contributed by atoms with Gasteiger partial charge in [-0.05, 0) is 0 Å². The zero-order valence-corrected chi connectivity index (χ0v) is 5.84. The SMILES string of the molecule is O=Cc1csc2cncn12. The summed E-state index contributed by atoms with van der Waals surface area (Å²) >= 11 is 1.51. The van der Waals surface area contributed by atoms with Gasteiger partial charge in [0.15, 0.2) is 6.29 Å². The second-order valence-corrected chi connectivity index (χ2v) is 2.77. The highest BCUT2D eigenvalue weighted by atomic mass is 32.1. The molecular formula is C6H4N2OS. The van der Waals surface area contributed by atoms with Gasteiger partial charge in [0.25, 0.3) is 0 Å². The van der Waals surface area contributed by atoms with Crippen LogP contribution in [0.15, 0.2) is 17.9 Å². The topological polar surface area (TPSA) is 34.4 Å². The van der Waals surface area contributed by atoms with Gasteiger partial charge in [-0.15, -0.1) is 11.3 Å². The molecule has 0 saturated heterocycles. The Morgan fingerprint density at radius 2 is 2.60 bits per heavy atom. The third-order valence-electron chi connectivity index (χ3n) is 1.30. The molecule has 0 atom stereocenters. The van der Waals surface area contributed by atoms with Gasteiger partial charge in [-0.3, -0.25) is 9.20 Å². The van der Waals surface area contributed by atoms with Crippen LogP contribution in [0.5, 0.6) is 0 Å². The predicted molar refractivity (Wildman–Crippen MR) is 38.5 cm³/mol. The number of fused-ring (bicyclic) bond motifs is 1. The van der Waals surface area contributed by atoms with Crippen molar-refractivity contribution in [2.45, 2.75) is 0 Å². The maximum Gasteiger partial charge on any atom is 0.167 e. The van der Waals surface area contributed by atoms with Gasteiger partial charge in [-0.2, -0.15) is 0 Å². The first-order valence-corrected chi connectivity index (χ1v) is 3.64. The number of rotatable bonds is 1. The van der Waals surface area contributed by atoms with Gasteiger partial charge >= 0.3 is 0 Å². The molecule has 50 valence electrons. The lowest BCUT2D eigenvalue weighted by Crippen LogP contribution is -1.84. The van der Waals surface area contributed by atoms with E-state index in [0.29, 0.717) is 5.69 Å². The number of aromatic nitrogens is 2. The molecule has 0 aliphatic heterocycles. The van der Waals surface area contributed by atoms with E-state index >= 15 is 0 Å². The quantitative estimate of drug-likeness (QED) is 0.575. The van der Waals surface area contributed by atoms with E-state index in [9.17, 15) is 4.79 Å². The van der Waals surface area contributed by atoms with Crippen LogP contribution < -0.4 is 0 Å². The highest BCUT2D eigenvalue weighted by Crippen LogP contribution is 2.13. The standard InChI is InChI=1S/C6H4N2OS/c9-2-5-3-10-6-1-7-4-8(5)6/h1-4H. The van der Waals surface area contributed by atoms with E-state index in [0.717, 1.165) is 11.1 Å². The number of carbonyl (C=O) groups is 1. The molecule has 2 heterocycles. The molecule has 0 spiro atoms. The van der Waals surface area contributed by atoms with Crippen LogP contribution in [0.3, 0.4) is 0 Å². The molecule has 0 radical (unpaired) electrons. The Kier molecular flexibility index (Phi) is 1.07. The van der Waals surface area contributed by atoms with Crippen molar-refractivity contribution < 1.29 is 4.79 Å². The zero-order chi connectivity index (χ0) is 6.97. The van der Waals surface area contributed by atoms with Crippen molar-refractivity contribution in [2.24, 2.45) is 0 Å². The molecule has 0 saturated carbocycles. The summed E-state index contributed by atoms with van der Waals surface area (Å²) < 4.78 is 1.76. The highest BCUT2D eigenvalue weighted by molar-refractivity contribution is 7.15. The van der Waals surface area contributed by atoms with Gasteiger partial charge in [0.05, 0.1) is 11.9 Å². The molecule has 2 aromatic rings. The molecule has 4 heteroatoms. The Bertz CT molecular complexity index is 362. The van der Waals surface area contributed by atoms with Crippen molar-refractivity contribution in [1.82, 2.24) is 9.38 Å². The minimum atomic E-state index is 0.664. The van der Waals surface area contributed by atoms with E-state index < -0.39 is 0 Å². The van der Waals surface area contributed by atoms with Gasteiger partial charge < -0.3 is 0 Å².